The van der Waals surface area contributed by atoms with Crippen molar-refractivity contribution < 1.29 is 0 Å². The van der Waals surface area contributed by atoms with Crippen LogP contribution in [-0.2, 0) is 0 Å². The summed E-state index contributed by atoms with van der Waals surface area (Å²) in [6.07, 6.45) is 1.52. The molecular formula is C6H4ClN5O. The number of H-pyrrole nitrogens is 1. The van der Waals surface area contributed by atoms with Crippen molar-refractivity contribution in [1.82, 2.24) is 25.2 Å². The van der Waals surface area contributed by atoms with Gasteiger partial charge in [0.1, 0.15) is 0 Å². The van der Waals surface area contributed by atoms with E-state index in [1.807, 2.05) is 0 Å². The molecule has 6 nitrogen and oxygen atoms in total. The number of tetrazole rings is 1. The molecule has 66 valence electrons. The van der Waals surface area contributed by atoms with Gasteiger partial charge in [-0.15, -0.1) is 4.68 Å². The first kappa shape index (κ1) is 7.93. The number of halogens is 1. The van der Waals surface area contributed by atoms with Gasteiger partial charge in [-0.25, -0.2) is 14.9 Å². The first-order valence-electron chi connectivity index (χ1n) is 3.40. The maximum absolute atomic E-state index is 11.1. The van der Waals surface area contributed by atoms with E-state index in [2.05, 4.69) is 20.5 Å². The van der Waals surface area contributed by atoms with Crippen LogP contribution in [0.2, 0.25) is 5.02 Å². The quantitative estimate of drug-likeness (QED) is 0.699. The topological polar surface area (TPSA) is 76.5 Å². The molecule has 0 aliphatic carbocycles. The van der Waals surface area contributed by atoms with Crippen LogP contribution in [-0.4, -0.2) is 25.2 Å². The second-order valence-corrected chi connectivity index (χ2v) is 2.63. The highest BCUT2D eigenvalue weighted by molar-refractivity contribution is 6.32. The van der Waals surface area contributed by atoms with Crippen molar-refractivity contribution in [1.29, 1.82) is 0 Å². The minimum Gasteiger partial charge on any atom is -0.244 e. The normalized spacial score (nSPS) is 10.2. The standard InChI is InChI=1S/C6H4ClN5O/c7-4-2-1-3-8-5(4)12-6(13)9-10-11-12/h1-3H,(H,9,11,13). The number of nitrogens with one attached hydrogen (secondary N) is 1. The molecule has 0 spiro atoms. The summed E-state index contributed by atoms with van der Waals surface area (Å²) < 4.78 is 0.988. The van der Waals surface area contributed by atoms with E-state index in [-0.39, 0.29) is 5.82 Å². The second kappa shape index (κ2) is 2.98. The number of hydrogen-bond acceptors (Lipinski definition) is 4. The molecule has 0 amide bonds. The summed E-state index contributed by atoms with van der Waals surface area (Å²) in [4.78, 5) is 14.9. The van der Waals surface area contributed by atoms with E-state index in [1.165, 1.54) is 6.20 Å². The molecule has 0 aliphatic heterocycles. The third-order valence-electron chi connectivity index (χ3n) is 1.41. The molecular weight excluding hydrogens is 194 g/mol. The van der Waals surface area contributed by atoms with Gasteiger partial charge in [0.2, 0.25) is 0 Å². The molecule has 0 unspecified atom stereocenters. The fraction of sp³-hybridized carbons (Fsp3) is 0. The smallest absolute Gasteiger partial charge is 0.244 e. The van der Waals surface area contributed by atoms with E-state index in [1.54, 1.807) is 12.1 Å². The summed E-state index contributed by atoms with van der Waals surface area (Å²) in [5.74, 6) is 0.267. The van der Waals surface area contributed by atoms with E-state index >= 15 is 0 Å². The van der Waals surface area contributed by atoms with Crippen molar-refractivity contribution in [2.24, 2.45) is 0 Å². The molecule has 0 atom stereocenters. The molecule has 2 heterocycles. The number of pyridine rings is 1. The lowest BCUT2D eigenvalue weighted by atomic mass is 10.5. The lowest BCUT2D eigenvalue weighted by Gasteiger charge is -1.97. The van der Waals surface area contributed by atoms with E-state index in [0.29, 0.717) is 5.02 Å². The van der Waals surface area contributed by atoms with Crippen molar-refractivity contribution in [3.05, 3.63) is 33.8 Å². The minimum atomic E-state index is -0.472. The first-order chi connectivity index (χ1) is 6.29. The molecule has 7 heteroatoms. The van der Waals surface area contributed by atoms with Crippen molar-refractivity contribution in [3.8, 4) is 5.82 Å². The van der Waals surface area contributed by atoms with Gasteiger partial charge >= 0.3 is 5.69 Å². The summed E-state index contributed by atoms with van der Waals surface area (Å²) in [6.45, 7) is 0. The molecule has 2 rings (SSSR count). The van der Waals surface area contributed by atoms with Crippen LogP contribution in [0.1, 0.15) is 0 Å². The zero-order valence-electron chi connectivity index (χ0n) is 6.31. The van der Waals surface area contributed by atoms with Gasteiger partial charge in [0, 0.05) is 6.20 Å². The predicted molar refractivity (Wildman–Crippen MR) is 44.8 cm³/mol. The average molecular weight is 198 g/mol. The summed E-state index contributed by atoms with van der Waals surface area (Å²) in [7, 11) is 0. The molecule has 2 aromatic heterocycles. The van der Waals surface area contributed by atoms with Crippen LogP contribution in [0, 0.1) is 0 Å². The highest BCUT2D eigenvalue weighted by Crippen LogP contribution is 2.13. The van der Waals surface area contributed by atoms with E-state index in [4.69, 9.17) is 11.6 Å². The van der Waals surface area contributed by atoms with E-state index in [0.717, 1.165) is 4.68 Å². The molecule has 0 aliphatic rings. The van der Waals surface area contributed by atoms with Crippen LogP contribution in [0.25, 0.3) is 5.82 Å². The van der Waals surface area contributed by atoms with Crippen LogP contribution < -0.4 is 5.69 Å². The van der Waals surface area contributed by atoms with Crippen LogP contribution in [0.4, 0.5) is 0 Å². The fourth-order valence-electron chi connectivity index (χ4n) is 0.870. The predicted octanol–water partition coefficient (Wildman–Crippen LogP) is 0.00400. The van der Waals surface area contributed by atoms with Crippen molar-refractivity contribution in [2.75, 3.05) is 0 Å². The fourth-order valence-corrected chi connectivity index (χ4v) is 1.07. The largest absolute Gasteiger partial charge is 0.367 e. The Morgan fingerprint density at radius 3 is 3.00 bits per heavy atom. The van der Waals surface area contributed by atoms with Crippen LogP contribution in [0.3, 0.4) is 0 Å². The van der Waals surface area contributed by atoms with Crippen LogP contribution in [0.15, 0.2) is 23.1 Å². The van der Waals surface area contributed by atoms with Gasteiger partial charge < -0.3 is 0 Å². The molecule has 0 radical (unpaired) electrons. The van der Waals surface area contributed by atoms with Crippen molar-refractivity contribution >= 4 is 11.6 Å². The molecule has 13 heavy (non-hydrogen) atoms. The van der Waals surface area contributed by atoms with Gasteiger partial charge in [-0.1, -0.05) is 11.6 Å². The molecule has 0 saturated carbocycles. The molecule has 2 aromatic rings. The Balaban J connectivity index is 2.66. The number of aromatic nitrogens is 5. The van der Waals surface area contributed by atoms with Gasteiger partial charge in [-0.2, -0.15) is 0 Å². The van der Waals surface area contributed by atoms with Gasteiger partial charge in [-0.3, -0.25) is 0 Å². The Hall–Kier alpha value is -1.69. The highest BCUT2D eigenvalue weighted by atomic mass is 35.5. The SMILES string of the molecule is O=c1[nH]nnn1-c1ncccc1Cl. The number of aromatic amines is 1. The van der Waals surface area contributed by atoms with E-state index in [9.17, 15) is 4.79 Å². The Labute approximate surface area is 77.2 Å². The average Bonchev–Trinajstić information content (AvgIpc) is 2.52. The van der Waals surface area contributed by atoms with E-state index < -0.39 is 5.69 Å². The lowest BCUT2D eigenvalue weighted by Crippen LogP contribution is -2.17. The molecule has 0 bridgehead atoms. The Morgan fingerprint density at radius 1 is 1.54 bits per heavy atom. The third-order valence-corrected chi connectivity index (χ3v) is 1.71. The highest BCUT2D eigenvalue weighted by Gasteiger charge is 2.07. The first-order valence-corrected chi connectivity index (χ1v) is 3.78. The lowest BCUT2D eigenvalue weighted by molar-refractivity contribution is 0.760. The molecule has 0 fully saturated rings. The van der Waals surface area contributed by atoms with Crippen LogP contribution in [0.5, 0.6) is 0 Å². The summed E-state index contributed by atoms with van der Waals surface area (Å²) in [6, 6.07) is 3.28. The Morgan fingerprint density at radius 2 is 2.38 bits per heavy atom. The van der Waals surface area contributed by atoms with Gasteiger partial charge in [-0.05, 0) is 22.6 Å². The van der Waals surface area contributed by atoms with Crippen LogP contribution >= 0.6 is 11.6 Å². The molecule has 0 aromatic carbocycles. The van der Waals surface area contributed by atoms with Gasteiger partial charge in [0.25, 0.3) is 0 Å². The maximum Gasteiger partial charge on any atom is 0.367 e. The number of hydrogen-bond donors (Lipinski definition) is 1. The molecule has 1 N–H and O–H groups in total. The zero-order valence-corrected chi connectivity index (χ0v) is 7.06. The zero-order chi connectivity index (χ0) is 9.26. The van der Waals surface area contributed by atoms with Crippen molar-refractivity contribution in [3.63, 3.8) is 0 Å². The van der Waals surface area contributed by atoms with Crippen molar-refractivity contribution in [2.45, 2.75) is 0 Å². The summed E-state index contributed by atoms with van der Waals surface area (Å²) in [5.41, 5.74) is -0.472. The van der Waals surface area contributed by atoms with Gasteiger partial charge in [0.05, 0.1) is 5.02 Å². The summed E-state index contributed by atoms with van der Waals surface area (Å²) in [5, 5.41) is 9.30. The maximum atomic E-state index is 11.1. The van der Waals surface area contributed by atoms with Gasteiger partial charge in [0.15, 0.2) is 5.82 Å². The molecule has 0 saturated heterocycles. The monoisotopic (exact) mass is 197 g/mol. The minimum absolute atomic E-state index is 0.267. The Kier molecular flexibility index (Phi) is 1.82. The number of nitrogens with zero attached hydrogens (tertiary/aromatic N) is 4. The number of rotatable bonds is 1. The summed E-state index contributed by atoms with van der Waals surface area (Å²) >= 11 is 5.78. The second-order valence-electron chi connectivity index (χ2n) is 2.23. The third kappa shape index (κ3) is 1.31. The Bertz CT molecular complexity index is 476.